The minimum absolute atomic E-state index is 0.0712. The lowest BCUT2D eigenvalue weighted by Gasteiger charge is -2.31. The Bertz CT molecular complexity index is 1050. The molecule has 1 aliphatic carbocycles. The molecule has 10 heteroatoms. The van der Waals surface area contributed by atoms with Gasteiger partial charge in [-0.15, -0.1) is 0 Å². The van der Waals surface area contributed by atoms with E-state index in [1.54, 1.807) is 6.07 Å². The quantitative estimate of drug-likeness (QED) is 0.165. The van der Waals surface area contributed by atoms with Gasteiger partial charge in [-0.2, -0.15) is 0 Å². The smallest absolute Gasteiger partial charge is 0.270 e. The number of nitrogens with zero attached hydrogens (tertiary/aromatic N) is 3. The first-order valence-electron chi connectivity index (χ1n) is 11.2. The second-order valence-corrected chi connectivity index (χ2v) is 8.76. The minimum atomic E-state index is -0.587. The van der Waals surface area contributed by atoms with Gasteiger partial charge in [-0.25, -0.2) is 0 Å². The number of hydrogen-bond acceptors (Lipinski definition) is 7. The Balaban J connectivity index is 1.64. The van der Waals surface area contributed by atoms with Gasteiger partial charge < -0.3 is 10.2 Å². The fourth-order valence-corrected chi connectivity index (χ4v) is 4.67. The largest absolute Gasteiger partial charge is 0.368 e. The molecule has 0 radical (unpaired) electrons. The van der Waals surface area contributed by atoms with Gasteiger partial charge in [-0.05, 0) is 56.5 Å². The van der Waals surface area contributed by atoms with Gasteiger partial charge in [-0.3, -0.25) is 29.9 Å². The van der Waals surface area contributed by atoms with Crippen molar-refractivity contribution in [2.45, 2.75) is 32.1 Å². The van der Waals surface area contributed by atoms with Crippen LogP contribution in [-0.2, 0) is 9.59 Å². The first kappa shape index (κ1) is 23.1. The van der Waals surface area contributed by atoms with Crippen LogP contribution in [0.5, 0.6) is 0 Å². The number of piperazine rings is 1. The van der Waals surface area contributed by atoms with E-state index in [1.807, 2.05) is 0 Å². The highest BCUT2D eigenvalue weighted by atomic mass is 32.1. The van der Waals surface area contributed by atoms with Crippen LogP contribution in [0.1, 0.15) is 37.7 Å². The molecule has 0 atom stereocenters. The lowest BCUT2D eigenvalue weighted by atomic mass is 9.97. The minimum Gasteiger partial charge on any atom is -0.368 e. The Labute approximate surface area is 197 Å². The number of benzene rings is 1. The van der Waals surface area contributed by atoms with Gasteiger partial charge in [-0.1, -0.05) is 11.6 Å². The summed E-state index contributed by atoms with van der Waals surface area (Å²) in [5.41, 5.74) is 2.35. The molecular formula is C23H27N5O4S. The third kappa shape index (κ3) is 5.28. The third-order valence-corrected chi connectivity index (χ3v) is 6.53. The molecule has 2 aliphatic heterocycles. The predicted molar refractivity (Wildman–Crippen MR) is 130 cm³/mol. The number of thiocarbonyl (C=S) groups is 1. The fourth-order valence-electron chi connectivity index (χ4n) is 4.40. The molecule has 0 saturated carbocycles. The summed E-state index contributed by atoms with van der Waals surface area (Å²) in [7, 11) is 0. The van der Waals surface area contributed by atoms with E-state index in [9.17, 15) is 19.7 Å². The van der Waals surface area contributed by atoms with E-state index >= 15 is 0 Å². The summed E-state index contributed by atoms with van der Waals surface area (Å²) in [5.74, 6) is -1.06. The van der Waals surface area contributed by atoms with Crippen LogP contribution in [0.4, 0.5) is 11.4 Å². The lowest BCUT2D eigenvalue weighted by Crippen LogP contribution is -2.54. The van der Waals surface area contributed by atoms with Crippen molar-refractivity contribution in [2.75, 3.05) is 37.6 Å². The molecule has 2 saturated heterocycles. The van der Waals surface area contributed by atoms with Gasteiger partial charge in [0, 0.05) is 56.1 Å². The highest BCUT2D eigenvalue weighted by Crippen LogP contribution is 2.29. The molecule has 174 valence electrons. The summed E-state index contributed by atoms with van der Waals surface area (Å²) in [5, 5.41) is 17.4. The van der Waals surface area contributed by atoms with E-state index in [2.05, 4.69) is 21.6 Å². The van der Waals surface area contributed by atoms with Gasteiger partial charge in [0.05, 0.1) is 4.92 Å². The molecule has 2 heterocycles. The van der Waals surface area contributed by atoms with E-state index in [0.717, 1.165) is 51.1 Å². The van der Waals surface area contributed by atoms with Crippen LogP contribution in [-0.4, -0.2) is 59.5 Å². The summed E-state index contributed by atoms with van der Waals surface area (Å²) in [6.07, 6.45) is 8.79. The van der Waals surface area contributed by atoms with Crippen LogP contribution in [0.2, 0.25) is 0 Å². The standard InChI is InChI=1S/C23H27N5O4S/c29-21-19(22(30)27(23(33)25-21)11-8-16-4-2-1-3-5-16)15-17-14-18(28(31)32)6-7-20(17)26-12-9-24-10-13-26/h4,6-7,14-15,24H,1-3,5,8-13H2,(H,25,29,33)/b19-15-. The molecule has 0 unspecified atom stereocenters. The zero-order valence-corrected chi connectivity index (χ0v) is 19.2. The van der Waals surface area contributed by atoms with Gasteiger partial charge in [0.1, 0.15) is 5.57 Å². The average Bonchev–Trinajstić information content (AvgIpc) is 2.82. The predicted octanol–water partition coefficient (Wildman–Crippen LogP) is 2.52. The van der Waals surface area contributed by atoms with Crippen molar-refractivity contribution >= 4 is 46.6 Å². The van der Waals surface area contributed by atoms with Crippen LogP contribution in [0.25, 0.3) is 6.08 Å². The zero-order chi connectivity index (χ0) is 23.4. The number of nitrogens with one attached hydrogen (secondary N) is 2. The number of amides is 2. The topological polar surface area (TPSA) is 108 Å². The molecule has 0 spiro atoms. The van der Waals surface area contributed by atoms with Crippen molar-refractivity contribution in [3.63, 3.8) is 0 Å². The molecule has 1 aromatic carbocycles. The molecule has 0 bridgehead atoms. The van der Waals surface area contributed by atoms with E-state index < -0.39 is 16.7 Å². The maximum Gasteiger partial charge on any atom is 0.270 e. The van der Waals surface area contributed by atoms with Gasteiger partial charge in [0.2, 0.25) is 0 Å². The summed E-state index contributed by atoms with van der Waals surface area (Å²) in [6.45, 7) is 3.40. The Kier molecular flexibility index (Phi) is 7.14. The van der Waals surface area contributed by atoms with Crippen LogP contribution < -0.4 is 15.5 Å². The Morgan fingerprint density at radius 2 is 1.97 bits per heavy atom. The molecule has 0 aromatic heterocycles. The molecule has 3 aliphatic rings. The SMILES string of the molecule is O=C1NC(=S)N(CCC2=CCCCC2)C(=O)/C1=C\c1cc([N+](=O)[O-])ccc1N1CCNCC1. The van der Waals surface area contributed by atoms with E-state index in [-0.39, 0.29) is 16.4 Å². The highest BCUT2D eigenvalue weighted by molar-refractivity contribution is 7.80. The first-order chi connectivity index (χ1) is 15.9. The van der Waals surface area contributed by atoms with Crippen LogP contribution in [0, 0.1) is 10.1 Å². The third-order valence-electron chi connectivity index (χ3n) is 6.21. The molecule has 9 nitrogen and oxygen atoms in total. The Morgan fingerprint density at radius 3 is 2.67 bits per heavy atom. The summed E-state index contributed by atoms with van der Waals surface area (Å²) < 4.78 is 0. The maximum atomic E-state index is 13.3. The van der Waals surface area contributed by atoms with Gasteiger partial charge in [0.15, 0.2) is 5.11 Å². The summed E-state index contributed by atoms with van der Waals surface area (Å²) >= 11 is 5.27. The number of anilines is 1. The van der Waals surface area contributed by atoms with E-state index in [1.165, 1.54) is 35.1 Å². The summed E-state index contributed by atoms with van der Waals surface area (Å²) in [4.78, 5) is 40.4. The van der Waals surface area contributed by atoms with Crippen molar-refractivity contribution < 1.29 is 14.5 Å². The van der Waals surface area contributed by atoms with E-state index in [4.69, 9.17) is 12.2 Å². The van der Waals surface area contributed by atoms with Gasteiger partial charge in [0.25, 0.3) is 17.5 Å². The second kappa shape index (κ2) is 10.2. The monoisotopic (exact) mass is 469 g/mol. The number of carbonyl (C=O) groups is 2. The Hall–Kier alpha value is -3.11. The maximum absolute atomic E-state index is 13.3. The van der Waals surface area contributed by atoms with E-state index in [0.29, 0.717) is 18.5 Å². The number of allylic oxidation sites excluding steroid dienone is 1. The number of non-ortho nitro benzene ring substituents is 1. The van der Waals surface area contributed by atoms with Crippen LogP contribution in [0.3, 0.4) is 0 Å². The number of nitro groups is 1. The van der Waals surface area contributed by atoms with Crippen LogP contribution in [0.15, 0.2) is 35.4 Å². The molecule has 2 N–H and O–H groups in total. The zero-order valence-electron chi connectivity index (χ0n) is 18.3. The normalized spacial score (nSPS) is 20.7. The first-order valence-corrected chi connectivity index (χ1v) is 11.7. The van der Waals surface area contributed by atoms with Crippen molar-refractivity contribution in [1.82, 2.24) is 15.5 Å². The molecule has 1 aromatic rings. The number of nitro benzene ring substituents is 1. The second-order valence-electron chi connectivity index (χ2n) is 8.37. The van der Waals surface area contributed by atoms with Crippen molar-refractivity contribution in [3.05, 3.63) is 51.1 Å². The molecule has 2 amide bonds. The summed E-state index contributed by atoms with van der Waals surface area (Å²) in [6, 6.07) is 4.54. The van der Waals surface area contributed by atoms with Crippen molar-refractivity contribution in [2.24, 2.45) is 0 Å². The molecule has 4 rings (SSSR count). The molecule has 2 fully saturated rings. The van der Waals surface area contributed by atoms with Gasteiger partial charge >= 0.3 is 0 Å². The molecule has 33 heavy (non-hydrogen) atoms. The molecular weight excluding hydrogens is 442 g/mol. The number of rotatable bonds is 6. The fraction of sp³-hybridized carbons (Fsp3) is 0.435. The average molecular weight is 470 g/mol. The van der Waals surface area contributed by atoms with Crippen molar-refractivity contribution in [1.29, 1.82) is 0 Å². The number of hydrogen-bond donors (Lipinski definition) is 2. The van der Waals surface area contributed by atoms with Crippen molar-refractivity contribution in [3.8, 4) is 0 Å². The Morgan fingerprint density at radius 1 is 1.18 bits per heavy atom. The number of carbonyl (C=O) groups excluding carboxylic acids is 2. The lowest BCUT2D eigenvalue weighted by molar-refractivity contribution is -0.384. The highest BCUT2D eigenvalue weighted by Gasteiger charge is 2.33. The van der Waals surface area contributed by atoms with Crippen LogP contribution >= 0.6 is 12.2 Å².